The molecule has 0 saturated carbocycles. The van der Waals surface area contributed by atoms with Crippen molar-refractivity contribution in [3.8, 4) is 17.3 Å². The molecule has 0 aliphatic rings. The topological polar surface area (TPSA) is 85.6 Å². The highest BCUT2D eigenvalue weighted by Crippen LogP contribution is 2.27. The Morgan fingerprint density at radius 3 is 2.34 bits per heavy atom. The molecule has 3 aromatic rings. The smallest absolute Gasteiger partial charge is 0.191 e. The highest BCUT2D eigenvalue weighted by Gasteiger charge is 2.06. The Labute approximate surface area is 187 Å². The number of nitrogens with zero attached hydrogens (tertiary/aromatic N) is 4. The second-order valence-electron chi connectivity index (χ2n) is 5.94. The van der Waals surface area contributed by atoms with E-state index in [4.69, 9.17) is 9.47 Å². The number of hydrogen-bond donors (Lipinski definition) is 2. The van der Waals surface area contributed by atoms with Gasteiger partial charge < -0.3 is 20.1 Å². The maximum Gasteiger partial charge on any atom is 0.191 e. The van der Waals surface area contributed by atoms with E-state index in [-0.39, 0.29) is 24.0 Å². The van der Waals surface area contributed by atoms with Crippen LogP contribution in [0.5, 0.6) is 11.5 Å². The number of rotatable bonds is 7. The van der Waals surface area contributed by atoms with E-state index in [1.807, 2.05) is 42.6 Å². The van der Waals surface area contributed by atoms with Crippen LogP contribution >= 0.6 is 24.0 Å². The molecule has 1 aromatic carbocycles. The van der Waals surface area contributed by atoms with Crippen molar-refractivity contribution in [1.29, 1.82) is 0 Å². The average molecular weight is 508 g/mol. The molecule has 2 N–H and O–H groups in total. The van der Waals surface area contributed by atoms with Crippen LogP contribution in [0.2, 0.25) is 0 Å². The van der Waals surface area contributed by atoms with Gasteiger partial charge in [0.05, 0.1) is 14.2 Å². The van der Waals surface area contributed by atoms with Gasteiger partial charge in [-0.25, -0.2) is 9.67 Å². The van der Waals surface area contributed by atoms with Gasteiger partial charge in [0.2, 0.25) is 0 Å². The monoisotopic (exact) mass is 508 g/mol. The normalized spacial score (nSPS) is 10.8. The van der Waals surface area contributed by atoms with Crippen molar-refractivity contribution in [1.82, 2.24) is 25.4 Å². The molecule has 0 spiro atoms. The highest BCUT2D eigenvalue weighted by atomic mass is 127. The van der Waals surface area contributed by atoms with Crippen molar-refractivity contribution in [3.05, 3.63) is 66.1 Å². The zero-order valence-corrected chi connectivity index (χ0v) is 19.0. The van der Waals surface area contributed by atoms with Gasteiger partial charge in [0.1, 0.15) is 0 Å². The molecular weight excluding hydrogens is 483 g/mol. The number of benzene rings is 1. The predicted molar refractivity (Wildman–Crippen MR) is 123 cm³/mol. The quantitative estimate of drug-likeness (QED) is 0.290. The van der Waals surface area contributed by atoms with Gasteiger partial charge in [-0.1, -0.05) is 6.07 Å². The van der Waals surface area contributed by atoms with Gasteiger partial charge in [-0.3, -0.25) is 4.99 Å². The summed E-state index contributed by atoms with van der Waals surface area (Å²) in [6.45, 7) is 1.22. The second-order valence-corrected chi connectivity index (χ2v) is 5.94. The Morgan fingerprint density at radius 2 is 1.72 bits per heavy atom. The summed E-state index contributed by atoms with van der Waals surface area (Å²) in [5.74, 6) is 2.89. The van der Waals surface area contributed by atoms with Gasteiger partial charge in [0, 0.05) is 38.7 Å². The number of hydrogen-bond acceptors (Lipinski definition) is 5. The van der Waals surface area contributed by atoms with Crippen LogP contribution in [-0.2, 0) is 13.1 Å². The standard InChI is InChI=1S/C20H24N6O2.HI/c1-21-20(23-13-15-5-6-17(27-2)18(11-15)28-3)24-14-16-7-9-22-19(12-16)26-10-4-8-25-26;/h4-12H,13-14H2,1-3H3,(H2,21,23,24);1H. The third kappa shape index (κ3) is 6.08. The molecule has 0 saturated heterocycles. The van der Waals surface area contributed by atoms with E-state index >= 15 is 0 Å². The van der Waals surface area contributed by atoms with Crippen LogP contribution in [0, 0.1) is 0 Å². The number of aromatic nitrogens is 3. The van der Waals surface area contributed by atoms with Crippen LogP contribution in [0.25, 0.3) is 5.82 Å². The summed E-state index contributed by atoms with van der Waals surface area (Å²) in [7, 11) is 4.99. The number of methoxy groups -OCH3 is 2. The molecule has 9 heteroatoms. The number of aliphatic imine (C=N–C) groups is 1. The molecule has 3 rings (SSSR count). The first-order chi connectivity index (χ1) is 13.7. The molecular formula is C20H25IN6O2. The molecule has 8 nitrogen and oxygen atoms in total. The van der Waals surface area contributed by atoms with Crippen molar-refractivity contribution < 1.29 is 9.47 Å². The lowest BCUT2D eigenvalue weighted by Gasteiger charge is -2.14. The van der Waals surface area contributed by atoms with E-state index in [1.165, 1.54) is 0 Å². The minimum absolute atomic E-state index is 0. The summed E-state index contributed by atoms with van der Waals surface area (Å²) >= 11 is 0. The van der Waals surface area contributed by atoms with Crippen LogP contribution in [0.15, 0.2) is 60.0 Å². The molecule has 29 heavy (non-hydrogen) atoms. The summed E-state index contributed by atoms with van der Waals surface area (Å²) in [6, 6.07) is 11.6. The van der Waals surface area contributed by atoms with Crippen molar-refractivity contribution in [3.63, 3.8) is 0 Å². The first kappa shape index (κ1) is 22.5. The lowest BCUT2D eigenvalue weighted by Crippen LogP contribution is -2.36. The van der Waals surface area contributed by atoms with Gasteiger partial charge in [-0.05, 0) is 41.5 Å². The lowest BCUT2D eigenvalue weighted by atomic mass is 10.2. The fraction of sp³-hybridized carbons (Fsp3) is 0.250. The molecule has 0 aliphatic heterocycles. The van der Waals surface area contributed by atoms with Crippen LogP contribution in [-0.4, -0.2) is 42.0 Å². The summed E-state index contributed by atoms with van der Waals surface area (Å²) in [6.07, 6.45) is 5.36. The molecule has 2 aromatic heterocycles. The Morgan fingerprint density at radius 1 is 1.00 bits per heavy atom. The van der Waals surface area contributed by atoms with Crippen molar-refractivity contribution in [2.75, 3.05) is 21.3 Å². The Balaban J connectivity index is 0.00000300. The lowest BCUT2D eigenvalue weighted by molar-refractivity contribution is 0.354. The number of nitrogens with one attached hydrogen (secondary N) is 2. The third-order valence-electron chi connectivity index (χ3n) is 4.14. The summed E-state index contributed by atoms with van der Waals surface area (Å²) < 4.78 is 12.3. The van der Waals surface area contributed by atoms with E-state index in [0.29, 0.717) is 30.5 Å². The predicted octanol–water partition coefficient (Wildman–Crippen LogP) is 2.77. The molecule has 0 radical (unpaired) electrons. The summed E-state index contributed by atoms with van der Waals surface area (Å²) in [5, 5.41) is 10.8. The van der Waals surface area contributed by atoms with Crippen molar-refractivity contribution in [2.24, 2.45) is 4.99 Å². The van der Waals surface area contributed by atoms with Crippen LogP contribution in [0.1, 0.15) is 11.1 Å². The third-order valence-corrected chi connectivity index (χ3v) is 4.14. The fourth-order valence-corrected chi connectivity index (χ4v) is 2.68. The van der Waals surface area contributed by atoms with E-state index in [1.54, 1.807) is 38.3 Å². The summed E-state index contributed by atoms with van der Waals surface area (Å²) in [4.78, 5) is 8.61. The second kappa shape index (κ2) is 11.2. The molecule has 0 atom stereocenters. The van der Waals surface area contributed by atoms with Crippen LogP contribution < -0.4 is 20.1 Å². The number of guanidine groups is 1. The number of pyridine rings is 1. The van der Waals surface area contributed by atoms with Crippen LogP contribution in [0.3, 0.4) is 0 Å². The first-order valence-electron chi connectivity index (χ1n) is 8.84. The summed E-state index contributed by atoms with van der Waals surface area (Å²) in [5.41, 5.74) is 2.14. The zero-order chi connectivity index (χ0) is 19.8. The minimum Gasteiger partial charge on any atom is -0.493 e. The molecule has 0 unspecified atom stereocenters. The van der Waals surface area contributed by atoms with E-state index in [9.17, 15) is 0 Å². The average Bonchev–Trinajstić information content (AvgIpc) is 3.29. The van der Waals surface area contributed by atoms with E-state index in [2.05, 4.69) is 25.7 Å². The van der Waals surface area contributed by atoms with Gasteiger partial charge in [0.15, 0.2) is 23.3 Å². The fourth-order valence-electron chi connectivity index (χ4n) is 2.68. The Hall–Kier alpha value is -2.82. The van der Waals surface area contributed by atoms with Crippen molar-refractivity contribution >= 4 is 29.9 Å². The SMILES string of the molecule is CN=C(NCc1ccnc(-n2cccn2)c1)NCc1ccc(OC)c(OC)c1.I. The van der Waals surface area contributed by atoms with Gasteiger partial charge >= 0.3 is 0 Å². The minimum atomic E-state index is 0. The first-order valence-corrected chi connectivity index (χ1v) is 8.84. The number of halogens is 1. The van der Waals surface area contributed by atoms with E-state index in [0.717, 1.165) is 16.9 Å². The molecule has 2 heterocycles. The molecule has 0 amide bonds. The largest absolute Gasteiger partial charge is 0.493 e. The molecule has 0 aliphatic carbocycles. The van der Waals surface area contributed by atoms with Gasteiger partial charge in [-0.15, -0.1) is 24.0 Å². The Kier molecular flexibility index (Phi) is 8.71. The van der Waals surface area contributed by atoms with Crippen LogP contribution in [0.4, 0.5) is 0 Å². The number of ether oxygens (including phenoxy) is 2. The maximum absolute atomic E-state index is 5.35. The zero-order valence-electron chi connectivity index (χ0n) is 16.6. The molecule has 0 fully saturated rings. The maximum atomic E-state index is 5.35. The van der Waals surface area contributed by atoms with Gasteiger partial charge in [-0.2, -0.15) is 5.10 Å². The Bertz CT molecular complexity index is 930. The highest BCUT2D eigenvalue weighted by molar-refractivity contribution is 14.0. The van der Waals surface area contributed by atoms with Gasteiger partial charge in [0.25, 0.3) is 0 Å². The molecule has 0 bridgehead atoms. The van der Waals surface area contributed by atoms with Crippen molar-refractivity contribution in [2.45, 2.75) is 13.1 Å². The van der Waals surface area contributed by atoms with E-state index < -0.39 is 0 Å². The molecule has 154 valence electrons.